The van der Waals surface area contributed by atoms with Crippen LogP contribution in [0.1, 0.15) is 0 Å². The summed E-state index contributed by atoms with van der Waals surface area (Å²) in [6.07, 6.45) is 3.61. The lowest BCUT2D eigenvalue weighted by Gasteiger charge is -2.10. The van der Waals surface area contributed by atoms with Crippen molar-refractivity contribution in [3.63, 3.8) is 0 Å². The number of pyridine rings is 1. The molecule has 0 saturated carbocycles. The Balaban J connectivity index is 1.18. The van der Waals surface area contributed by atoms with Crippen LogP contribution in [0.5, 0.6) is 0 Å². The summed E-state index contributed by atoms with van der Waals surface area (Å²) in [6.45, 7) is 0. The highest BCUT2D eigenvalue weighted by molar-refractivity contribution is 6.15. The van der Waals surface area contributed by atoms with E-state index in [0.29, 0.717) is 17.5 Å². The Bertz CT molecular complexity index is 2540. The van der Waals surface area contributed by atoms with Gasteiger partial charge in [0, 0.05) is 45.2 Å². The van der Waals surface area contributed by atoms with Crippen molar-refractivity contribution in [3.05, 3.63) is 146 Å². The molecule has 3 heterocycles. The third-order valence-corrected chi connectivity index (χ3v) is 8.38. The molecule has 3 aromatic heterocycles. The number of hydrogen-bond donors (Lipinski definition) is 0. The fourth-order valence-corrected chi connectivity index (χ4v) is 6.09. The third kappa shape index (κ3) is 4.41. The van der Waals surface area contributed by atoms with Gasteiger partial charge < -0.3 is 4.42 Å². The van der Waals surface area contributed by atoms with E-state index < -0.39 is 0 Å². The smallest absolute Gasteiger partial charge is 0.164 e. The van der Waals surface area contributed by atoms with Crippen molar-refractivity contribution in [1.82, 2.24) is 19.9 Å². The van der Waals surface area contributed by atoms with Gasteiger partial charge in [0.2, 0.25) is 0 Å². The molecule has 9 rings (SSSR count). The molecule has 0 spiro atoms. The van der Waals surface area contributed by atoms with Crippen LogP contribution in [0.25, 0.3) is 88.8 Å². The monoisotopic (exact) mass is 576 g/mol. The van der Waals surface area contributed by atoms with Crippen LogP contribution in [0.4, 0.5) is 0 Å². The minimum atomic E-state index is 0.620. The highest BCUT2D eigenvalue weighted by Crippen LogP contribution is 2.35. The van der Waals surface area contributed by atoms with Crippen LogP contribution in [-0.2, 0) is 0 Å². The Morgan fingerprint density at radius 1 is 0.400 bits per heavy atom. The highest BCUT2D eigenvalue weighted by Gasteiger charge is 2.15. The molecule has 0 N–H and O–H groups in total. The van der Waals surface area contributed by atoms with E-state index in [1.165, 1.54) is 16.5 Å². The summed E-state index contributed by atoms with van der Waals surface area (Å²) in [6, 6.07) is 45.9. The average Bonchev–Trinajstić information content (AvgIpc) is 3.51. The maximum absolute atomic E-state index is 6.25. The number of fused-ring (bicyclic) bond motifs is 6. The molecule has 5 nitrogen and oxygen atoms in total. The molecule has 0 saturated heterocycles. The maximum atomic E-state index is 6.25. The molecule has 0 unspecified atom stereocenters. The van der Waals surface area contributed by atoms with E-state index in [1.54, 1.807) is 6.20 Å². The molecule has 5 heteroatoms. The summed E-state index contributed by atoms with van der Waals surface area (Å²) in [4.78, 5) is 19.2. The fraction of sp³-hybridized carbons (Fsp3) is 0. The van der Waals surface area contributed by atoms with Gasteiger partial charge in [-0.25, -0.2) is 15.0 Å². The van der Waals surface area contributed by atoms with E-state index in [0.717, 1.165) is 54.8 Å². The lowest BCUT2D eigenvalue weighted by Crippen LogP contribution is -2.00. The van der Waals surface area contributed by atoms with Gasteiger partial charge >= 0.3 is 0 Å². The third-order valence-electron chi connectivity index (χ3n) is 8.38. The zero-order valence-electron chi connectivity index (χ0n) is 24.1. The summed E-state index contributed by atoms with van der Waals surface area (Å²) in [5.41, 5.74) is 6.87. The summed E-state index contributed by atoms with van der Waals surface area (Å²) < 4.78 is 6.25. The van der Waals surface area contributed by atoms with E-state index in [4.69, 9.17) is 19.4 Å². The van der Waals surface area contributed by atoms with Crippen LogP contribution in [0.3, 0.4) is 0 Å². The minimum Gasteiger partial charge on any atom is -0.455 e. The van der Waals surface area contributed by atoms with Crippen LogP contribution < -0.4 is 0 Å². The molecule has 210 valence electrons. The van der Waals surface area contributed by atoms with Crippen molar-refractivity contribution in [2.75, 3.05) is 0 Å². The van der Waals surface area contributed by atoms with E-state index in [2.05, 4.69) is 96.0 Å². The van der Waals surface area contributed by atoms with Crippen LogP contribution in [-0.4, -0.2) is 19.9 Å². The number of hydrogen-bond acceptors (Lipinski definition) is 5. The first-order chi connectivity index (χ1) is 22.3. The Labute approximate surface area is 258 Å². The van der Waals surface area contributed by atoms with Gasteiger partial charge in [-0.2, -0.15) is 0 Å². The summed E-state index contributed by atoms with van der Waals surface area (Å²) in [5.74, 6) is 1.89. The molecule has 0 bridgehead atoms. The Kier molecular flexibility index (Phi) is 5.74. The first-order valence-corrected chi connectivity index (χ1v) is 14.9. The number of furan rings is 1. The van der Waals surface area contributed by atoms with Crippen molar-refractivity contribution in [2.24, 2.45) is 0 Å². The van der Waals surface area contributed by atoms with Crippen molar-refractivity contribution >= 4 is 43.5 Å². The summed E-state index contributed by atoms with van der Waals surface area (Å²) in [7, 11) is 0. The van der Waals surface area contributed by atoms with Gasteiger partial charge in [-0.3, -0.25) is 4.98 Å². The van der Waals surface area contributed by atoms with Gasteiger partial charge in [0.25, 0.3) is 0 Å². The predicted molar refractivity (Wildman–Crippen MR) is 182 cm³/mol. The standard InChI is InChI=1S/C40H24N4O/c1-3-7-25(8-4-1)27-11-12-29-22-31(14-13-28(29)21-27)39-42-38(26-9-5-2-6-10-26)43-40(44-39)32-16-17-33-30(23-32)15-18-34-35-24-41-20-19-36(35)45-37(33)34/h1-24H. The Morgan fingerprint density at radius 3 is 1.69 bits per heavy atom. The molecule has 0 amide bonds. The van der Waals surface area contributed by atoms with Crippen molar-refractivity contribution < 1.29 is 4.42 Å². The maximum Gasteiger partial charge on any atom is 0.164 e. The van der Waals surface area contributed by atoms with Crippen LogP contribution in [0.2, 0.25) is 0 Å². The summed E-state index contributed by atoms with van der Waals surface area (Å²) in [5, 5.41) is 6.45. The zero-order valence-corrected chi connectivity index (χ0v) is 24.1. The number of nitrogens with zero attached hydrogens (tertiary/aromatic N) is 4. The van der Waals surface area contributed by atoms with Crippen LogP contribution in [0, 0.1) is 0 Å². The minimum absolute atomic E-state index is 0.620. The molecular formula is C40H24N4O. The Hall–Kier alpha value is -6.20. The van der Waals surface area contributed by atoms with E-state index in [1.807, 2.05) is 48.7 Å². The molecule has 0 atom stereocenters. The Morgan fingerprint density at radius 2 is 0.956 bits per heavy atom. The van der Waals surface area contributed by atoms with Crippen molar-refractivity contribution in [1.29, 1.82) is 0 Å². The zero-order chi connectivity index (χ0) is 29.7. The lowest BCUT2D eigenvalue weighted by atomic mass is 10.00. The van der Waals surface area contributed by atoms with Crippen molar-refractivity contribution in [2.45, 2.75) is 0 Å². The SMILES string of the molecule is c1ccc(-c2ccc3cc(-c4nc(-c5ccccc5)nc(-c5ccc6c(ccc7c8cnccc8oc67)c5)n4)ccc3c2)cc1. The lowest BCUT2D eigenvalue weighted by molar-refractivity contribution is 0.672. The number of benzene rings is 6. The number of rotatable bonds is 4. The van der Waals surface area contributed by atoms with Crippen molar-refractivity contribution in [3.8, 4) is 45.3 Å². The van der Waals surface area contributed by atoms with Gasteiger partial charge in [0.05, 0.1) is 0 Å². The second kappa shape index (κ2) is 10.2. The van der Waals surface area contributed by atoms with Crippen LogP contribution in [0.15, 0.2) is 150 Å². The van der Waals surface area contributed by atoms with Gasteiger partial charge in [-0.15, -0.1) is 0 Å². The number of aromatic nitrogens is 4. The second-order valence-corrected chi connectivity index (χ2v) is 11.2. The molecule has 0 aliphatic heterocycles. The molecular weight excluding hydrogens is 552 g/mol. The molecule has 0 fully saturated rings. The molecule has 45 heavy (non-hydrogen) atoms. The van der Waals surface area contributed by atoms with Gasteiger partial charge in [-0.1, -0.05) is 97.1 Å². The summed E-state index contributed by atoms with van der Waals surface area (Å²) >= 11 is 0. The molecule has 0 radical (unpaired) electrons. The van der Waals surface area contributed by atoms with E-state index in [9.17, 15) is 0 Å². The normalized spacial score (nSPS) is 11.6. The van der Waals surface area contributed by atoms with Gasteiger partial charge in [0.15, 0.2) is 17.5 Å². The second-order valence-electron chi connectivity index (χ2n) is 11.2. The quantitative estimate of drug-likeness (QED) is 0.209. The first kappa shape index (κ1) is 25.3. The molecule has 0 aliphatic carbocycles. The van der Waals surface area contributed by atoms with E-state index in [-0.39, 0.29) is 0 Å². The predicted octanol–water partition coefficient (Wildman–Crippen LogP) is 10.1. The molecule has 9 aromatic rings. The van der Waals surface area contributed by atoms with E-state index >= 15 is 0 Å². The largest absolute Gasteiger partial charge is 0.455 e. The average molecular weight is 577 g/mol. The molecule has 6 aromatic carbocycles. The molecule has 0 aliphatic rings. The van der Waals surface area contributed by atoms with Gasteiger partial charge in [0.1, 0.15) is 11.2 Å². The first-order valence-electron chi connectivity index (χ1n) is 14.9. The van der Waals surface area contributed by atoms with Gasteiger partial charge in [-0.05, 0) is 63.7 Å². The van der Waals surface area contributed by atoms with Crippen LogP contribution >= 0.6 is 0 Å². The highest BCUT2D eigenvalue weighted by atomic mass is 16.3. The fourth-order valence-electron chi connectivity index (χ4n) is 6.09. The topological polar surface area (TPSA) is 64.7 Å².